The number of hydrogen-bond acceptors (Lipinski definition) is 3. The minimum absolute atomic E-state index is 0.158. The van der Waals surface area contributed by atoms with Crippen molar-refractivity contribution in [3.8, 4) is 0 Å². The van der Waals surface area contributed by atoms with Crippen LogP contribution >= 0.6 is 0 Å². The predicted octanol–water partition coefficient (Wildman–Crippen LogP) is 3.65. The zero-order chi connectivity index (χ0) is 21.0. The van der Waals surface area contributed by atoms with Crippen molar-refractivity contribution in [3.63, 3.8) is 0 Å². The summed E-state index contributed by atoms with van der Waals surface area (Å²) in [4.78, 5) is 23.9. The lowest BCUT2D eigenvalue weighted by Crippen LogP contribution is -2.37. The number of benzene rings is 3. The molecule has 1 unspecified atom stereocenters. The summed E-state index contributed by atoms with van der Waals surface area (Å²) in [7, 11) is 0. The second-order valence-electron chi connectivity index (χ2n) is 6.33. The number of fused-ring (bicyclic) bond motifs is 1. The molecular weight excluding hydrogens is 385 g/mol. The molecule has 3 rings (SSSR count). The van der Waals surface area contributed by atoms with Gasteiger partial charge in [-0.05, 0) is 34.5 Å². The number of nitrogens with one attached hydrogen (secondary N) is 2. The highest BCUT2D eigenvalue weighted by atomic mass is 19.4. The van der Waals surface area contributed by atoms with Gasteiger partial charge in [0, 0.05) is 12.2 Å². The zero-order valence-corrected chi connectivity index (χ0v) is 15.0. The van der Waals surface area contributed by atoms with E-state index in [1.807, 2.05) is 30.3 Å². The number of carbonyl (C=O) groups is 2. The number of aliphatic hydroxyl groups excluding tert-OH is 1. The SMILES string of the molecule is O=C(NCC(O)c1cccc2ccccc12)C(=O)Nc1cccc(C(F)(F)F)c1. The van der Waals surface area contributed by atoms with Crippen molar-refractivity contribution >= 4 is 28.3 Å². The second kappa shape index (κ2) is 8.32. The van der Waals surface area contributed by atoms with Gasteiger partial charge in [0.05, 0.1) is 11.7 Å². The van der Waals surface area contributed by atoms with Gasteiger partial charge in [0.2, 0.25) is 0 Å². The summed E-state index contributed by atoms with van der Waals surface area (Å²) in [6, 6.07) is 16.7. The van der Waals surface area contributed by atoms with Gasteiger partial charge in [-0.1, -0.05) is 48.5 Å². The summed E-state index contributed by atoms with van der Waals surface area (Å²) < 4.78 is 38.2. The normalized spacial score (nSPS) is 12.4. The molecule has 0 aliphatic heterocycles. The minimum Gasteiger partial charge on any atom is -0.387 e. The minimum atomic E-state index is -4.56. The van der Waals surface area contributed by atoms with Crippen molar-refractivity contribution in [2.45, 2.75) is 12.3 Å². The molecule has 0 bridgehead atoms. The van der Waals surface area contributed by atoms with Crippen LogP contribution in [-0.4, -0.2) is 23.5 Å². The van der Waals surface area contributed by atoms with Crippen molar-refractivity contribution in [2.75, 3.05) is 11.9 Å². The molecule has 0 saturated carbocycles. The number of amides is 2. The molecule has 3 aromatic carbocycles. The number of halogens is 3. The van der Waals surface area contributed by atoms with Gasteiger partial charge in [-0.25, -0.2) is 0 Å². The molecule has 0 heterocycles. The molecule has 0 aliphatic rings. The van der Waals surface area contributed by atoms with Crippen LogP contribution in [0.4, 0.5) is 18.9 Å². The summed E-state index contributed by atoms with van der Waals surface area (Å²) in [5.74, 6) is -2.20. The molecule has 0 fully saturated rings. The fraction of sp³-hybridized carbons (Fsp3) is 0.143. The Hall–Kier alpha value is -3.39. The molecule has 0 spiro atoms. The first-order valence-corrected chi connectivity index (χ1v) is 8.68. The van der Waals surface area contributed by atoms with Crippen LogP contribution in [0.15, 0.2) is 66.7 Å². The standard InChI is InChI=1S/C21H17F3N2O3/c22-21(23,24)14-7-4-8-15(11-14)26-20(29)19(28)25-12-18(27)17-10-3-6-13-5-1-2-9-16(13)17/h1-11,18,27H,12H2,(H,25,28)(H,26,29). The van der Waals surface area contributed by atoms with Gasteiger partial charge < -0.3 is 15.7 Å². The highest BCUT2D eigenvalue weighted by molar-refractivity contribution is 6.39. The van der Waals surface area contributed by atoms with E-state index in [2.05, 4.69) is 10.6 Å². The third kappa shape index (κ3) is 4.91. The van der Waals surface area contributed by atoms with Crippen molar-refractivity contribution in [1.82, 2.24) is 5.32 Å². The van der Waals surface area contributed by atoms with E-state index < -0.39 is 29.7 Å². The van der Waals surface area contributed by atoms with Crippen LogP contribution in [0.1, 0.15) is 17.2 Å². The summed E-state index contributed by atoms with van der Waals surface area (Å²) in [5, 5.41) is 16.5. The Labute approximate surface area is 164 Å². The highest BCUT2D eigenvalue weighted by Gasteiger charge is 2.30. The molecular formula is C21H17F3N2O3. The molecule has 1 atom stereocenters. The van der Waals surface area contributed by atoms with E-state index in [4.69, 9.17) is 0 Å². The average Bonchev–Trinajstić information content (AvgIpc) is 2.70. The Bertz CT molecular complexity index is 1050. The first-order valence-electron chi connectivity index (χ1n) is 8.68. The first-order chi connectivity index (χ1) is 13.8. The maximum atomic E-state index is 12.7. The van der Waals surface area contributed by atoms with Gasteiger partial charge in [-0.15, -0.1) is 0 Å². The Morgan fingerprint density at radius 3 is 2.38 bits per heavy atom. The fourth-order valence-corrected chi connectivity index (χ4v) is 2.88. The third-order valence-corrected chi connectivity index (χ3v) is 4.29. The van der Waals surface area contributed by atoms with Gasteiger partial charge in [0.1, 0.15) is 0 Å². The lowest BCUT2D eigenvalue weighted by atomic mass is 10.0. The third-order valence-electron chi connectivity index (χ3n) is 4.29. The number of aliphatic hydroxyl groups is 1. The molecule has 3 aromatic rings. The van der Waals surface area contributed by atoms with Crippen LogP contribution in [0.5, 0.6) is 0 Å². The summed E-state index contributed by atoms with van der Waals surface area (Å²) >= 11 is 0. The maximum absolute atomic E-state index is 12.7. The van der Waals surface area contributed by atoms with Gasteiger partial charge in [-0.3, -0.25) is 9.59 Å². The average molecular weight is 402 g/mol. The van der Waals surface area contributed by atoms with Crippen LogP contribution in [-0.2, 0) is 15.8 Å². The van der Waals surface area contributed by atoms with Gasteiger partial charge in [0.25, 0.3) is 0 Å². The molecule has 2 amide bonds. The Kier molecular flexibility index (Phi) is 5.84. The van der Waals surface area contributed by atoms with Crippen molar-refractivity contribution in [1.29, 1.82) is 0 Å². The Morgan fingerprint density at radius 1 is 0.931 bits per heavy atom. The van der Waals surface area contributed by atoms with E-state index in [-0.39, 0.29) is 12.2 Å². The number of carbonyl (C=O) groups excluding carboxylic acids is 2. The second-order valence-corrected chi connectivity index (χ2v) is 6.33. The fourth-order valence-electron chi connectivity index (χ4n) is 2.88. The lowest BCUT2D eigenvalue weighted by molar-refractivity contribution is -0.137. The molecule has 5 nitrogen and oxygen atoms in total. The van der Waals surface area contributed by atoms with Gasteiger partial charge in [0.15, 0.2) is 0 Å². The predicted molar refractivity (Wildman–Crippen MR) is 102 cm³/mol. The monoisotopic (exact) mass is 402 g/mol. The quantitative estimate of drug-likeness (QED) is 0.583. The van der Waals surface area contributed by atoms with E-state index in [1.165, 1.54) is 6.07 Å². The zero-order valence-electron chi connectivity index (χ0n) is 15.0. The number of hydrogen-bond donors (Lipinski definition) is 3. The highest BCUT2D eigenvalue weighted by Crippen LogP contribution is 2.30. The van der Waals surface area contributed by atoms with Crippen molar-refractivity contribution < 1.29 is 27.9 Å². The van der Waals surface area contributed by atoms with E-state index in [9.17, 15) is 27.9 Å². The lowest BCUT2D eigenvalue weighted by Gasteiger charge is -2.15. The smallest absolute Gasteiger partial charge is 0.387 e. The Morgan fingerprint density at radius 2 is 1.62 bits per heavy atom. The first kappa shape index (κ1) is 20.3. The van der Waals surface area contributed by atoms with Crippen LogP contribution in [0.3, 0.4) is 0 Å². The number of anilines is 1. The molecule has 150 valence electrons. The van der Waals surface area contributed by atoms with E-state index in [1.54, 1.807) is 12.1 Å². The summed E-state index contributed by atoms with van der Waals surface area (Å²) in [6.45, 7) is -0.233. The molecule has 0 radical (unpaired) electrons. The molecule has 8 heteroatoms. The number of rotatable bonds is 4. The van der Waals surface area contributed by atoms with Gasteiger partial charge >= 0.3 is 18.0 Å². The Balaban J connectivity index is 1.62. The molecule has 0 aliphatic carbocycles. The molecule has 0 aromatic heterocycles. The van der Waals surface area contributed by atoms with E-state index in [0.717, 1.165) is 29.0 Å². The topological polar surface area (TPSA) is 78.4 Å². The number of alkyl halides is 3. The van der Waals surface area contributed by atoms with Crippen LogP contribution in [0.2, 0.25) is 0 Å². The van der Waals surface area contributed by atoms with Crippen molar-refractivity contribution in [3.05, 3.63) is 77.9 Å². The largest absolute Gasteiger partial charge is 0.416 e. The summed E-state index contributed by atoms with van der Waals surface area (Å²) in [5.41, 5.74) is -0.515. The van der Waals surface area contributed by atoms with Crippen LogP contribution in [0, 0.1) is 0 Å². The van der Waals surface area contributed by atoms with Crippen LogP contribution in [0.25, 0.3) is 10.8 Å². The van der Waals surface area contributed by atoms with E-state index in [0.29, 0.717) is 5.56 Å². The molecule has 3 N–H and O–H groups in total. The van der Waals surface area contributed by atoms with Gasteiger partial charge in [-0.2, -0.15) is 13.2 Å². The molecule has 0 saturated heterocycles. The molecule has 29 heavy (non-hydrogen) atoms. The van der Waals surface area contributed by atoms with Crippen LogP contribution < -0.4 is 10.6 Å². The van der Waals surface area contributed by atoms with Crippen molar-refractivity contribution in [2.24, 2.45) is 0 Å². The summed E-state index contributed by atoms with van der Waals surface area (Å²) in [6.07, 6.45) is -5.63. The van der Waals surface area contributed by atoms with E-state index >= 15 is 0 Å². The maximum Gasteiger partial charge on any atom is 0.416 e.